The van der Waals surface area contributed by atoms with Crippen molar-refractivity contribution in [3.05, 3.63) is 50.6 Å². The quantitative estimate of drug-likeness (QED) is 0.859. The molecule has 0 N–H and O–H groups in total. The zero-order valence-corrected chi connectivity index (χ0v) is 15.5. The second kappa shape index (κ2) is 6.50. The normalized spacial score (nSPS) is 14.1. The van der Waals surface area contributed by atoms with Crippen LogP contribution >= 0.6 is 0 Å². The van der Waals surface area contributed by atoms with Crippen molar-refractivity contribution in [2.45, 2.75) is 53.0 Å². The van der Waals surface area contributed by atoms with E-state index in [0.29, 0.717) is 25.4 Å². The Morgan fingerprint density at radius 1 is 1.40 bits per heavy atom. The number of pyridine rings is 1. The molecule has 0 atom stereocenters. The predicted molar refractivity (Wildman–Crippen MR) is 94.8 cm³/mol. The van der Waals surface area contributed by atoms with Crippen LogP contribution in [0.5, 0.6) is 0 Å². The standard InChI is InChI=1S/C19H25N3O3/c1-6-15-12(4)9-13(18(23)21(15)5)19(24)22-8-7-16-14(10-22)20-17(25-16)11(2)3/h9,11H,6-8,10H2,1-5H3. The summed E-state index contributed by atoms with van der Waals surface area (Å²) in [7, 11) is 1.73. The van der Waals surface area contributed by atoms with E-state index in [0.717, 1.165) is 29.1 Å². The minimum atomic E-state index is -0.235. The molecule has 3 heterocycles. The molecule has 6 nitrogen and oxygen atoms in total. The largest absolute Gasteiger partial charge is 0.445 e. The van der Waals surface area contributed by atoms with Gasteiger partial charge in [0.15, 0.2) is 5.89 Å². The van der Waals surface area contributed by atoms with Crippen LogP contribution in [0.3, 0.4) is 0 Å². The summed E-state index contributed by atoms with van der Waals surface area (Å²) in [6, 6.07) is 1.72. The molecule has 0 fully saturated rings. The smallest absolute Gasteiger partial charge is 0.263 e. The van der Waals surface area contributed by atoms with Crippen molar-refractivity contribution in [2.24, 2.45) is 7.05 Å². The summed E-state index contributed by atoms with van der Waals surface area (Å²) in [5.74, 6) is 1.55. The first kappa shape index (κ1) is 17.5. The molecule has 0 saturated carbocycles. The van der Waals surface area contributed by atoms with E-state index in [1.165, 1.54) is 0 Å². The number of aryl methyl sites for hydroxylation is 1. The number of hydrogen-bond acceptors (Lipinski definition) is 4. The first-order valence-electron chi connectivity index (χ1n) is 8.80. The fourth-order valence-corrected chi connectivity index (χ4v) is 3.41. The van der Waals surface area contributed by atoms with Gasteiger partial charge < -0.3 is 13.9 Å². The molecule has 2 aromatic rings. The number of aromatic nitrogens is 2. The van der Waals surface area contributed by atoms with E-state index in [-0.39, 0.29) is 22.9 Å². The summed E-state index contributed by atoms with van der Waals surface area (Å²) in [5.41, 5.74) is 2.73. The Morgan fingerprint density at radius 3 is 2.76 bits per heavy atom. The van der Waals surface area contributed by atoms with Crippen LogP contribution in [0, 0.1) is 6.92 Å². The highest BCUT2D eigenvalue weighted by Crippen LogP contribution is 2.24. The van der Waals surface area contributed by atoms with E-state index in [2.05, 4.69) is 4.98 Å². The molecule has 1 aliphatic rings. The summed E-state index contributed by atoms with van der Waals surface area (Å²) in [6.45, 7) is 8.94. The van der Waals surface area contributed by atoms with Gasteiger partial charge >= 0.3 is 0 Å². The number of nitrogens with zero attached hydrogens (tertiary/aromatic N) is 3. The van der Waals surface area contributed by atoms with Gasteiger partial charge in [0.05, 0.1) is 6.54 Å². The van der Waals surface area contributed by atoms with Gasteiger partial charge in [-0.3, -0.25) is 9.59 Å². The summed E-state index contributed by atoms with van der Waals surface area (Å²) in [5, 5.41) is 0. The first-order chi connectivity index (χ1) is 11.8. The summed E-state index contributed by atoms with van der Waals surface area (Å²) in [4.78, 5) is 31.7. The summed E-state index contributed by atoms with van der Waals surface area (Å²) < 4.78 is 7.37. The maximum absolute atomic E-state index is 12.9. The maximum Gasteiger partial charge on any atom is 0.263 e. The predicted octanol–water partition coefficient (Wildman–Crippen LogP) is 2.57. The highest BCUT2D eigenvalue weighted by Gasteiger charge is 2.28. The molecule has 0 radical (unpaired) electrons. The van der Waals surface area contributed by atoms with Crippen LogP contribution in [0.2, 0.25) is 0 Å². The number of oxazole rings is 1. The van der Waals surface area contributed by atoms with Crippen molar-refractivity contribution in [1.82, 2.24) is 14.5 Å². The monoisotopic (exact) mass is 343 g/mol. The van der Waals surface area contributed by atoms with E-state index in [4.69, 9.17) is 4.42 Å². The molecule has 2 aromatic heterocycles. The van der Waals surface area contributed by atoms with Crippen molar-refractivity contribution in [1.29, 1.82) is 0 Å². The van der Waals surface area contributed by atoms with E-state index in [1.807, 2.05) is 27.7 Å². The van der Waals surface area contributed by atoms with Crippen LogP contribution in [0.1, 0.15) is 65.6 Å². The van der Waals surface area contributed by atoms with Crippen molar-refractivity contribution in [2.75, 3.05) is 6.54 Å². The number of carbonyl (C=O) groups excluding carboxylic acids is 1. The Balaban J connectivity index is 1.91. The maximum atomic E-state index is 12.9. The van der Waals surface area contributed by atoms with Gasteiger partial charge in [-0.1, -0.05) is 20.8 Å². The molecule has 3 rings (SSSR count). The lowest BCUT2D eigenvalue weighted by Crippen LogP contribution is -2.40. The molecular formula is C19H25N3O3. The third-order valence-electron chi connectivity index (χ3n) is 4.85. The number of hydrogen-bond donors (Lipinski definition) is 0. The van der Waals surface area contributed by atoms with E-state index in [9.17, 15) is 9.59 Å². The van der Waals surface area contributed by atoms with E-state index in [1.54, 1.807) is 22.6 Å². The van der Waals surface area contributed by atoms with Crippen LogP contribution in [-0.4, -0.2) is 26.9 Å². The van der Waals surface area contributed by atoms with Gasteiger partial charge in [-0.25, -0.2) is 4.98 Å². The lowest BCUT2D eigenvalue weighted by Gasteiger charge is -2.25. The highest BCUT2D eigenvalue weighted by atomic mass is 16.4. The van der Waals surface area contributed by atoms with Gasteiger partial charge in [-0.05, 0) is 25.0 Å². The zero-order valence-electron chi connectivity index (χ0n) is 15.5. The Bertz CT molecular complexity index is 877. The molecule has 0 spiro atoms. The number of fused-ring (bicyclic) bond motifs is 1. The van der Waals surface area contributed by atoms with Gasteiger partial charge in [0.25, 0.3) is 11.5 Å². The van der Waals surface area contributed by atoms with Gasteiger partial charge in [0.2, 0.25) is 0 Å². The molecule has 1 aliphatic heterocycles. The number of amides is 1. The van der Waals surface area contributed by atoms with Crippen LogP contribution < -0.4 is 5.56 Å². The average Bonchev–Trinajstić information content (AvgIpc) is 3.01. The number of rotatable bonds is 3. The molecule has 0 bridgehead atoms. The lowest BCUT2D eigenvalue weighted by molar-refractivity contribution is 0.0725. The van der Waals surface area contributed by atoms with Gasteiger partial charge in [-0.15, -0.1) is 0 Å². The third kappa shape index (κ3) is 3.01. The van der Waals surface area contributed by atoms with Gasteiger partial charge in [-0.2, -0.15) is 0 Å². The minimum Gasteiger partial charge on any atom is -0.445 e. The van der Waals surface area contributed by atoms with Crippen molar-refractivity contribution >= 4 is 5.91 Å². The average molecular weight is 343 g/mol. The molecule has 134 valence electrons. The molecule has 1 amide bonds. The molecular weight excluding hydrogens is 318 g/mol. The topological polar surface area (TPSA) is 68.3 Å². The molecule has 0 aromatic carbocycles. The second-order valence-corrected chi connectivity index (χ2v) is 6.96. The van der Waals surface area contributed by atoms with Crippen molar-refractivity contribution in [3.63, 3.8) is 0 Å². The van der Waals surface area contributed by atoms with Crippen LogP contribution in [-0.2, 0) is 26.4 Å². The Kier molecular flexibility index (Phi) is 4.54. The van der Waals surface area contributed by atoms with Gasteiger partial charge in [0.1, 0.15) is 17.0 Å². The van der Waals surface area contributed by atoms with E-state index >= 15 is 0 Å². The first-order valence-corrected chi connectivity index (χ1v) is 8.80. The molecule has 0 aliphatic carbocycles. The third-order valence-corrected chi connectivity index (χ3v) is 4.85. The highest BCUT2D eigenvalue weighted by molar-refractivity contribution is 5.94. The minimum absolute atomic E-state index is 0.214. The Labute approximate surface area is 147 Å². The number of carbonyl (C=O) groups is 1. The Morgan fingerprint density at radius 2 is 2.12 bits per heavy atom. The fraction of sp³-hybridized carbons (Fsp3) is 0.526. The fourth-order valence-electron chi connectivity index (χ4n) is 3.41. The van der Waals surface area contributed by atoms with Crippen LogP contribution in [0.15, 0.2) is 15.3 Å². The molecule has 0 saturated heterocycles. The summed E-state index contributed by atoms with van der Waals surface area (Å²) in [6.07, 6.45) is 1.39. The van der Waals surface area contributed by atoms with Crippen LogP contribution in [0.4, 0.5) is 0 Å². The second-order valence-electron chi connectivity index (χ2n) is 6.96. The molecule has 0 unspecified atom stereocenters. The Hall–Kier alpha value is -2.37. The van der Waals surface area contributed by atoms with Crippen molar-refractivity contribution in [3.8, 4) is 0 Å². The zero-order chi connectivity index (χ0) is 18.3. The molecule has 6 heteroatoms. The van der Waals surface area contributed by atoms with Crippen molar-refractivity contribution < 1.29 is 9.21 Å². The van der Waals surface area contributed by atoms with Crippen LogP contribution in [0.25, 0.3) is 0 Å². The molecule has 25 heavy (non-hydrogen) atoms. The van der Waals surface area contributed by atoms with E-state index < -0.39 is 0 Å². The lowest BCUT2D eigenvalue weighted by atomic mass is 10.1. The SMILES string of the molecule is CCc1c(C)cc(C(=O)N2CCc3oc(C(C)C)nc3C2)c(=O)n1C. The van der Waals surface area contributed by atoms with Gasteiger partial charge in [0, 0.05) is 31.6 Å². The summed E-state index contributed by atoms with van der Waals surface area (Å²) >= 11 is 0.